The molecule has 1 aromatic heterocycles. The highest BCUT2D eigenvalue weighted by molar-refractivity contribution is 5.84. The molecule has 0 saturated heterocycles. The van der Waals surface area contributed by atoms with Crippen molar-refractivity contribution >= 4 is 5.91 Å². The van der Waals surface area contributed by atoms with Crippen LogP contribution in [0.15, 0.2) is 41.2 Å². The van der Waals surface area contributed by atoms with Crippen molar-refractivity contribution in [1.82, 2.24) is 15.1 Å². The lowest BCUT2D eigenvalue weighted by molar-refractivity contribution is -0.124. The van der Waals surface area contributed by atoms with Crippen molar-refractivity contribution in [1.29, 1.82) is 0 Å². The number of hydrogen-bond acceptors (Lipinski definition) is 3. The molecular formula is C24H31N3O2. The number of nitrogens with one attached hydrogen (secondary N) is 1. The van der Waals surface area contributed by atoms with Gasteiger partial charge in [-0.3, -0.25) is 9.59 Å². The molecule has 1 aromatic carbocycles. The van der Waals surface area contributed by atoms with Gasteiger partial charge >= 0.3 is 0 Å². The predicted octanol–water partition coefficient (Wildman–Crippen LogP) is 3.60. The van der Waals surface area contributed by atoms with E-state index >= 15 is 0 Å². The van der Waals surface area contributed by atoms with Gasteiger partial charge in [0.2, 0.25) is 5.91 Å². The molecular weight excluding hydrogens is 362 g/mol. The van der Waals surface area contributed by atoms with E-state index < -0.39 is 0 Å². The molecule has 5 heteroatoms. The van der Waals surface area contributed by atoms with Crippen LogP contribution < -0.4 is 10.9 Å². The van der Waals surface area contributed by atoms with E-state index in [1.807, 2.05) is 25.1 Å². The minimum Gasteiger partial charge on any atom is -0.351 e. The zero-order chi connectivity index (χ0) is 20.2. The first kappa shape index (κ1) is 19.9. The van der Waals surface area contributed by atoms with Crippen LogP contribution in [-0.2, 0) is 24.2 Å². The van der Waals surface area contributed by atoms with Gasteiger partial charge in [0, 0.05) is 12.1 Å². The maximum Gasteiger partial charge on any atom is 0.267 e. The Morgan fingerprint density at radius 1 is 1.14 bits per heavy atom. The van der Waals surface area contributed by atoms with E-state index in [4.69, 9.17) is 0 Å². The summed E-state index contributed by atoms with van der Waals surface area (Å²) < 4.78 is 1.53. The molecule has 4 rings (SSSR count). The zero-order valence-electron chi connectivity index (χ0n) is 17.3. The van der Waals surface area contributed by atoms with Gasteiger partial charge in [0.25, 0.3) is 5.56 Å². The number of carbonyl (C=O) groups is 1. The average molecular weight is 394 g/mol. The molecule has 154 valence electrons. The van der Waals surface area contributed by atoms with Crippen LogP contribution in [0.3, 0.4) is 0 Å². The minimum atomic E-state index is -0.151. The Balaban J connectivity index is 1.47. The molecule has 1 amide bonds. The number of rotatable bonds is 6. The fraction of sp³-hybridized carbons (Fsp3) is 0.542. The Labute approximate surface area is 172 Å². The highest BCUT2D eigenvalue weighted by atomic mass is 16.2. The predicted molar refractivity (Wildman–Crippen MR) is 114 cm³/mol. The van der Waals surface area contributed by atoms with Crippen molar-refractivity contribution < 1.29 is 4.79 Å². The van der Waals surface area contributed by atoms with E-state index in [9.17, 15) is 9.59 Å². The third-order valence-corrected chi connectivity index (χ3v) is 6.42. The van der Waals surface area contributed by atoms with Crippen molar-refractivity contribution in [2.75, 3.05) is 0 Å². The second-order valence-electron chi connectivity index (χ2n) is 8.69. The normalized spacial score (nSPS) is 18.8. The lowest BCUT2D eigenvalue weighted by Gasteiger charge is -2.25. The number of benzene rings is 1. The number of carbonyl (C=O) groups excluding carboxylic acids is 1. The van der Waals surface area contributed by atoms with Gasteiger partial charge in [-0.2, -0.15) is 5.10 Å². The molecule has 0 aliphatic heterocycles. The first-order valence-corrected chi connectivity index (χ1v) is 11.1. The molecule has 29 heavy (non-hydrogen) atoms. The van der Waals surface area contributed by atoms with Crippen LogP contribution >= 0.6 is 0 Å². The van der Waals surface area contributed by atoms with Gasteiger partial charge < -0.3 is 5.32 Å². The van der Waals surface area contributed by atoms with Crippen molar-refractivity contribution in [3.63, 3.8) is 0 Å². The van der Waals surface area contributed by atoms with Crippen molar-refractivity contribution in [2.24, 2.45) is 5.92 Å². The number of fused-ring (bicyclic) bond motifs is 1. The number of aromatic nitrogens is 2. The quantitative estimate of drug-likeness (QED) is 0.816. The van der Waals surface area contributed by atoms with Gasteiger partial charge in [-0.05, 0) is 62.5 Å². The van der Waals surface area contributed by atoms with E-state index in [1.54, 1.807) is 6.07 Å². The number of amides is 1. The molecule has 1 N–H and O–H groups in total. The van der Waals surface area contributed by atoms with Gasteiger partial charge in [0.15, 0.2) is 0 Å². The molecule has 2 aliphatic rings. The summed E-state index contributed by atoms with van der Waals surface area (Å²) in [6.07, 6.45) is 8.76. The molecule has 2 aromatic rings. The highest BCUT2D eigenvalue weighted by Gasteiger charge is 2.32. The fourth-order valence-corrected chi connectivity index (χ4v) is 4.96. The van der Waals surface area contributed by atoms with Gasteiger partial charge in [0.1, 0.15) is 0 Å². The summed E-state index contributed by atoms with van der Waals surface area (Å²) in [5.74, 6) is 0.352. The van der Waals surface area contributed by atoms with Crippen LogP contribution in [-0.4, -0.2) is 21.7 Å². The van der Waals surface area contributed by atoms with Gasteiger partial charge in [-0.25, -0.2) is 4.68 Å². The first-order valence-electron chi connectivity index (χ1n) is 11.1. The maximum absolute atomic E-state index is 13.2. The second-order valence-corrected chi connectivity index (χ2v) is 8.69. The fourth-order valence-electron chi connectivity index (χ4n) is 4.96. The maximum atomic E-state index is 13.2. The number of nitrogens with zero attached hydrogens (tertiary/aromatic N) is 2. The standard InChI is InChI=1S/C24H31N3O2/c1-17(16-27-22(28)15-20-13-7-8-14-21(20)26-27)25-24(29)23(19-11-5-6-12-19)18-9-3-2-4-10-18/h2-4,9-10,15,17,19,23H,5-8,11-14,16H2,1H3,(H,25,29)/t17-,23+/m0/s1. The van der Waals surface area contributed by atoms with Crippen LogP contribution in [0.5, 0.6) is 0 Å². The third kappa shape index (κ3) is 4.60. The van der Waals surface area contributed by atoms with Crippen LogP contribution in [0.4, 0.5) is 0 Å². The summed E-state index contributed by atoms with van der Waals surface area (Å²) in [6, 6.07) is 11.7. The van der Waals surface area contributed by atoms with E-state index in [0.29, 0.717) is 12.5 Å². The third-order valence-electron chi connectivity index (χ3n) is 6.42. The Bertz CT molecular complexity index is 900. The Kier molecular flexibility index (Phi) is 6.12. The zero-order valence-corrected chi connectivity index (χ0v) is 17.3. The van der Waals surface area contributed by atoms with Gasteiger partial charge in [-0.1, -0.05) is 43.2 Å². The lowest BCUT2D eigenvalue weighted by atomic mass is 9.84. The summed E-state index contributed by atoms with van der Waals surface area (Å²) in [7, 11) is 0. The molecule has 2 atom stereocenters. The molecule has 0 bridgehead atoms. The van der Waals surface area contributed by atoms with Crippen LogP contribution in [0.2, 0.25) is 0 Å². The van der Waals surface area contributed by atoms with Crippen molar-refractivity contribution in [2.45, 2.75) is 76.8 Å². The van der Waals surface area contributed by atoms with Gasteiger partial charge in [-0.15, -0.1) is 0 Å². The molecule has 1 saturated carbocycles. The van der Waals surface area contributed by atoms with Gasteiger partial charge in [0.05, 0.1) is 18.2 Å². The summed E-state index contributed by atoms with van der Waals surface area (Å²) in [5, 5.41) is 7.77. The van der Waals surface area contributed by atoms with Crippen molar-refractivity contribution in [3.8, 4) is 0 Å². The average Bonchev–Trinajstić information content (AvgIpc) is 3.23. The lowest BCUT2D eigenvalue weighted by Crippen LogP contribution is -2.42. The molecule has 1 heterocycles. The second kappa shape index (κ2) is 8.93. The summed E-state index contributed by atoms with van der Waals surface area (Å²) in [4.78, 5) is 25.7. The molecule has 2 aliphatic carbocycles. The first-order chi connectivity index (χ1) is 14.1. The molecule has 0 unspecified atom stereocenters. The van der Waals surface area contributed by atoms with Crippen molar-refractivity contribution in [3.05, 3.63) is 63.6 Å². The summed E-state index contributed by atoms with van der Waals surface area (Å²) in [6.45, 7) is 2.37. The Morgan fingerprint density at radius 3 is 2.62 bits per heavy atom. The molecule has 5 nitrogen and oxygen atoms in total. The smallest absolute Gasteiger partial charge is 0.267 e. The van der Waals surface area contributed by atoms with E-state index in [2.05, 4.69) is 22.5 Å². The summed E-state index contributed by atoms with van der Waals surface area (Å²) in [5.41, 5.74) is 3.16. The topological polar surface area (TPSA) is 64.0 Å². The minimum absolute atomic E-state index is 0.0675. The number of hydrogen-bond donors (Lipinski definition) is 1. The molecule has 0 radical (unpaired) electrons. The van der Waals surface area contributed by atoms with Crippen LogP contribution in [0.25, 0.3) is 0 Å². The SMILES string of the molecule is C[C@@H](Cn1nc2c(cc1=O)CCCC2)NC(=O)[C@H](c1ccccc1)C1CCCC1. The Hall–Kier alpha value is -2.43. The van der Waals surface area contributed by atoms with E-state index in [0.717, 1.165) is 55.3 Å². The van der Waals surface area contributed by atoms with E-state index in [-0.39, 0.29) is 23.4 Å². The Morgan fingerprint density at radius 2 is 1.86 bits per heavy atom. The number of aryl methyl sites for hydroxylation is 2. The highest BCUT2D eigenvalue weighted by Crippen LogP contribution is 2.37. The van der Waals surface area contributed by atoms with Crippen LogP contribution in [0.1, 0.15) is 68.2 Å². The summed E-state index contributed by atoms with van der Waals surface area (Å²) >= 11 is 0. The molecule has 0 spiro atoms. The largest absolute Gasteiger partial charge is 0.351 e. The van der Waals surface area contributed by atoms with E-state index in [1.165, 1.54) is 17.5 Å². The monoisotopic (exact) mass is 393 g/mol. The molecule has 1 fully saturated rings. The van der Waals surface area contributed by atoms with Crippen LogP contribution in [0, 0.1) is 5.92 Å².